The molecular formula is C14H26ClN5O5. The first kappa shape index (κ1) is 21.6. The standard InChI is InChI=1S/C14H26ClN5O5/c1-8(21)20-3-2-19(14(25)6-15)7-10(20)9(4-11(16)22)18-13(24)5-12(17)23/h8-10,14,21,25H,2-7H2,1H3,(H2,16,22)(H2,17,23)(H,18,24). The highest BCUT2D eigenvalue weighted by molar-refractivity contribution is 6.18. The van der Waals surface area contributed by atoms with Crippen LogP contribution in [0.1, 0.15) is 19.8 Å². The molecule has 10 nitrogen and oxygen atoms in total. The molecule has 11 heteroatoms. The van der Waals surface area contributed by atoms with Gasteiger partial charge in [0.05, 0.1) is 11.9 Å². The van der Waals surface area contributed by atoms with Gasteiger partial charge in [-0.15, -0.1) is 11.6 Å². The van der Waals surface area contributed by atoms with Crippen LogP contribution in [0.3, 0.4) is 0 Å². The molecule has 1 fully saturated rings. The fourth-order valence-corrected chi connectivity index (χ4v) is 3.15. The molecule has 144 valence electrons. The van der Waals surface area contributed by atoms with Crippen LogP contribution in [0.5, 0.6) is 0 Å². The second-order valence-electron chi connectivity index (χ2n) is 6.05. The lowest BCUT2D eigenvalue weighted by Crippen LogP contribution is -2.65. The van der Waals surface area contributed by atoms with Crippen LogP contribution in [0, 0.1) is 0 Å². The lowest BCUT2D eigenvalue weighted by molar-refractivity contribution is -0.130. The number of carbonyl (C=O) groups excluding carboxylic acids is 3. The lowest BCUT2D eigenvalue weighted by atomic mass is 9.98. The van der Waals surface area contributed by atoms with E-state index in [1.54, 1.807) is 16.7 Å². The van der Waals surface area contributed by atoms with Crippen LogP contribution < -0.4 is 16.8 Å². The number of nitrogens with one attached hydrogen (secondary N) is 1. The number of piperazine rings is 1. The van der Waals surface area contributed by atoms with Gasteiger partial charge in [-0.3, -0.25) is 24.2 Å². The summed E-state index contributed by atoms with van der Waals surface area (Å²) in [5, 5.41) is 22.5. The summed E-state index contributed by atoms with van der Waals surface area (Å²) in [5.41, 5.74) is 10.3. The first-order chi connectivity index (χ1) is 11.6. The Morgan fingerprint density at radius 2 is 1.88 bits per heavy atom. The summed E-state index contributed by atoms with van der Waals surface area (Å²) in [6, 6.07) is -1.28. The van der Waals surface area contributed by atoms with Crippen LogP contribution in [-0.2, 0) is 14.4 Å². The Morgan fingerprint density at radius 3 is 2.36 bits per heavy atom. The molecule has 0 spiro atoms. The molecule has 0 bridgehead atoms. The van der Waals surface area contributed by atoms with Crippen LogP contribution in [0.2, 0.25) is 0 Å². The summed E-state index contributed by atoms with van der Waals surface area (Å²) >= 11 is 5.69. The summed E-state index contributed by atoms with van der Waals surface area (Å²) in [6.07, 6.45) is -2.45. The predicted molar refractivity (Wildman–Crippen MR) is 90.0 cm³/mol. The number of primary amides is 2. The largest absolute Gasteiger partial charge is 0.379 e. The van der Waals surface area contributed by atoms with E-state index >= 15 is 0 Å². The number of aliphatic hydroxyl groups is 2. The molecule has 0 radical (unpaired) electrons. The molecule has 0 saturated carbocycles. The zero-order valence-corrected chi connectivity index (χ0v) is 14.9. The van der Waals surface area contributed by atoms with E-state index in [1.807, 2.05) is 0 Å². The van der Waals surface area contributed by atoms with E-state index in [-0.39, 0.29) is 18.8 Å². The summed E-state index contributed by atoms with van der Waals surface area (Å²) in [6.45, 7) is 2.64. The zero-order valence-electron chi connectivity index (χ0n) is 14.1. The van der Waals surface area contributed by atoms with Gasteiger partial charge in [-0.1, -0.05) is 0 Å². The Balaban J connectivity index is 2.99. The molecule has 1 aliphatic rings. The van der Waals surface area contributed by atoms with Gasteiger partial charge in [-0.25, -0.2) is 0 Å². The Hall–Kier alpha value is -1.46. The topological polar surface area (TPSA) is 162 Å². The van der Waals surface area contributed by atoms with E-state index in [9.17, 15) is 24.6 Å². The maximum atomic E-state index is 11.9. The van der Waals surface area contributed by atoms with Crippen molar-refractivity contribution in [1.29, 1.82) is 0 Å². The summed E-state index contributed by atoms with van der Waals surface area (Å²) in [5.74, 6) is -2.09. The number of nitrogens with zero attached hydrogens (tertiary/aromatic N) is 2. The van der Waals surface area contributed by atoms with Gasteiger partial charge in [0, 0.05) is 32.1 Å². The zero-order chi connectivity index (χ0) is 19.1. The van der Waals surface area contributed by atoms with Gasteiger partial charge < -0.3 is 27.0 Å². The first-order valence-corrected chi connectivity index (χ1v) is 8.47. The van der Waals surface area contributed by atoms with Crippen molar-refractivity contribution < 1.29 is 24.6 Å². The molecular weight excluding hydrogens is 354 g/mol. The number of amides is 3. The summed E-state index contributed by atoms with van der Waals surface area (Å²) in [4.78, 5) is 37.6. The monoisotopic (exact) mass is 379 g/mol. The van der Waals surface area contributed by atoms with Crippen molar-refractivity contribution in [2.75, 3.05) is 25.5 Å². The fraction of sp³-hybridized carbons (Fsp3) is 0.786. The third-order valence-electron chi connectivity index (χ3n) is 4.10. The highest BCUT2D eigenvalue weighted by atomic mass is 35.5. The van der Waals surface area contributed by atoms with Crippen LogP contribution >= 0.6 is 11.6 Å². The van der Waals surface area contributed by atoms with Crippen molar-refractivity contribution in [2.24, 2.45) is 11.5 Å². The minimum absolute atomic E-state index is 0.00405. The third-order valence-corrected chi connectivity index (χ3v) is 4.38. The number of nitrogens with two attached hydrogens (primary N) is 2. The average Bonchev–Trinajstić information content (AvgIpc) is 2.51. The molecule has 3 amide bonds. The van der Waals surface area contributed by atoms with Gasteiger partial charge in [0.1, 0.15) is 18.9 Å². The van der Waals surface area contributed by atoms with Crippen LogP contribution in [0.4, 0.5) is 0 Å². The van der Waals surface area contributed by atoms with Gasteiger partial charge in [-0.2, -0.15) is 0 Å². The predicted octanol–water partition coefficient (Wildman–Crippen LogP) is -2.90. The average molecular weight is 380 g/mol. The number of hydrogen-bond acceptors (Lipinski definition) is 7. The minimum atomic E-state index is -0.893. The molecule has 0 aliphatic carbocycles. The van der Waals surface area contributed by atoms with Crippen LogP contribution in [-0.4, -0.2) is 87.8 Å². The summed E-state index contributed by atoms with van der Waals surface area (Å²) < 4.78 is 0. The third kappa shape index (κ3) is 6.75. The number of carbonyl (C=O) groups is 3. The van der Waals surface area contributed by atoms with E-state index in [4.69, 9.17) is 23.1 Å². The number of alkyl halides is 1. The van der Waals surface area contributed by atoms with Gasteiger partial charge in [0.15, 0.2) is 0 Å². The minimum Gasteiger partial charge on any atom is -0.379 e. The molecule has 4 atom stereocenters. The lowest BCUT2D eigenvalue weighted by Gasteiger charge is -2.46. The van der Waals surface area contributed by atoms with Gasteiger partial charge in [0.2, 0.25) is 17.7 Å². The molecule has 1 saturated heterocycles. The highest BCUT2D eigenvalue weighted by Crippen LogP contribution is 2.19. The number of halogens is 1. The molecule has 4 unspecified atom stereocenters. The van der Waals surface area contributed by atoms with Crippen LogP contribution in [0.25, 0.3) is 0 Å². The number of hydrogen-bond donors (Lipinski definition) is 5. The molecule has 0 aromatic rings. The fourth-order valence-electron chi connectivity index (χ4n) is 2.95. The van der Waals surface area contributed by atoms with Gasteiger partial charge in [-0.05, 0) is 6.92 Å². The second kappa shape index (κ2) is 9.88. The van der Waals surface area contributed by atoms with Crippen molar-refractivity contribution >= 4 is 29.3 Å². The van der Waals surface area contributed by atoms with Crippen LogP contribution in [0.15, 0.2) is 0 Å². The first-order valence-electron chi connectivity index (χ1n) is 7.93. The van der Waals surface area contributed by atoms with E-state index in [1.165, 1.54) is 0 Å². The normalized spacial score (nSPS) is 22.8. The molecule has 1 heterocycles. The number of rotatable bonds is 9. The maximum Gasteiger partial charge on any atom is 0.229 e. The maximum absolute atomic E-state index is 11.9. The Morgan fingerprint density at radius 1 is 1.24 bits per heavy atom. The smallest absolute Gasteiger partial charge is 0.229 e. The Kier molecular flexibility index (Phi) is 8.53. The van der Waals surface area contributed by atoms with Crippen molar-refractivity contribution in [3.05, 3.63) is 0 Å². The molecule has 7 N–H and O–H groups in total. The molecule has 0 aromatic carbocycles. The summed E-state index contributed by atoms with van der Waals surface area (Å²) in [7, 11) is 0. The van der Waals surface area contributed by atoms with E-state index in [0.717, 1.165) is 0 Å². The van der Waals surface area contributed by atoms with E-state index in [2.05, 4.69) is 5.32 Å². The quantitative estimate of drug-likeness (QED) is 0.212. The number of aliphatic hydroxyl groups excluding tert-OH is 2. The molecule has 0 aromatic heterocycles. The molecule has 25 heavy (non-hydrogen) atoms. The molecule has 1 rings (SSSR count). The Bertz CT molecular complexity index is 492. The van der Waals surface area contributed by atoms with Gasteiger partial charge >= 0.3 is 0 Å². The second-order valence-corrected chi connectivity index (χ2v) is 6.36. The SMILES string of the molecule is CC(O)N1CCN(C(O)CCl)CC1C(CC(N)=O)NC(=O)CC(N)=O. The highest BCUT2D eigenvalue weighted by Gasteiger charge is 2.38. The molecule has 1 aliphatic heterocycles. The van der Waals surface area contributed by atoms with Crippen molar-refractivity contribution in [2.45, 2.75) is 44.3 Å². The van der Waals surface area contributed by atoms with Crippen molar-refractivity contribution in [3.63, 3.8) is 0 Å². The Labute approximate surface area is 151 Å². The van der Waals surface area contributed by atoms with Crippen molar-refractivity contribution in [3.8, 4) is 0 Å². The van der Waals surface area contributed by atoms with E-state index in [0.29, 0.717) is 13.1 Å². The van der Waals surface area contributed by atoms with Gasteiger partial charge in [0.25, 0.3) is 0 Å². The van der Waals surface area contributed by atoms with E-state index < -0.39 is 48.7 Å². The van der Waals surface area contributed by atoms with Crippen molar-refractivity contribution in [1.82, 2.24) is 15.1 Å².